The van der Waals surface area contributed by atoms with Gasteiger partial charge in [-0.2, -0.15) is 5.10 Å². The zero-order valence-corrected chi connectivity index (χ0v) is 17.7. The van der Waals surface area contributed by atoms with Gasteiger partial charge in [0.05, 0.1) is 18.9 Å². The average Bonchev–Trinajstić information content (AvgIpc) is 3.16. The second-order valence-electron chi connectivity index (χ2n) is 7.94. The van der Waals surface area contributed by atoms with Gasteiger partial charge >= 0.3 is 0 Å². The number of benzene rings is 2. The van der Waals surface area contributed by atoms with Gasteiger partial charge in [0.1, 0.15) is 11.6 Å². The normalized spacial score (nSPS) is 15.6. The molecule has 8 heteroatoms. The molecule has 1 aromatic heterocycles. The second kappa shape index (κ2) is 9.45. The molecular formula is C23H31F2N5O. The number of ether oxygens (including phenoxy) is 1. The lowest BCUT2D eigenvalue weighted by Crippen LogP contribution is -2.42. The Morgan fingerprint density at radius 1 is 1.06 bits per heavy atom. The predicted molar refractivity (Wildman–Crippen MR) is 123 cm³/mol. The van der Waals surface area contributed by atoms with Gasteiger partial charge in [0.2, 0.25) is 0 Å². The third-order valence-corrected chi connectivity index (χ3v) is 5.10. The number of nitrogens with zero attached hydrogens (tertiary/aromatic N) is 3. The van der Waals surface area contributed by atoms with Gasteiger partial charge in [-0.3, -0.25) is 4.90 Å². The van der Waals surface area contributed by atoms with E-state index in [0.717, 1.165) is 55.9 Å². The fourth-order valence-corrected chi connectivity index (χ4v) is 3.79. The highest BCUT2D eigenvalue weighted by molar-refractivity contribution is 5.64. The van der Waals surface area contributed by atoms with Crippen LogP contribution in [-0.2, 0) is 4.74 Å². The molecule has 168 valence electrons. The van der Waals surface area contributed by atoms with Crippen molar-refractivity contribution in [2.45, 2.75) is 19.9 Å². The monoisotopic (exact) mass is 431 g/mol. The zero-order chi connectivity index (χ0) is 21.8. The number of rotatable bonds is 7. The number of hydrogen-bond acceptors (Lipinski definition) is 5. The molecule has 1 aliphatic heterocycles. The topological polar surface area (TPSA) is 54.4 Å². The van der Waals surface area contributed by atoms with E-state index in [4.69, 9.17) is 4.74 Å². The predicted octanol–water partition coefficient (Wildman–Crippen LogP) is 4.83. The Balaban J connectivity index is 0.00000193. The first-order chi connectivity index (χ1) is 14.9. The first-order valence-corrected chi connectivity index (χ1v) is 10.4. The quantitative estimate of drug-likeness (QED) is 0.561. The smallest absolute Gasteiger partial charge is 0.152 e. The molecule has 3 aromatic rings. The Morgan fingerprint density at radius 3 is 2.52 bits per heavy atom. The molecule has 1 aliphatic rings. The van der Waals surface area contributed by atoms with Crippen LogP contribution in [0.1, 0.15) is 15.3 Å². The number of aryl methyl sites for hydroxylation is 1. The molecule has 6 nitrogen and oxygen atoms in total. The van der Waals surface area contributed by atoms with Crippen molar-refractivity contribution in [1.82, 2.24) is 14.7 Å². The minimum absolute atomic E-state index is 0. The van der Waals surface area contributed by atoms with Crippen LogP contribution in [-0.4, -0.2) is 53.6 Å². The Kier molecular flexibility index (Phi) is 6.48. The SMILES string of the molecule is Cc1cc(Nc2ccn(-c3cc(F)cc(F)c3)n2)cc(NC(C)CN2CCOCC2)c1.[HH].[HH]. The van der Waals surface area contributed by atoms with E-state index in [9.17, 15) is 8.78 Å². The number of nitrogens with one attached hydrogen (secondary N) is 2. The van der Waals surface area contributed by atoms with E-state index in [-0.39, 0.29) is 8.90 Å². The molecule has 0 spiro atoms. The molecule has 0 amide bonds. The third kappa shape index (κ3) is 5.80. The van der Waals surface area contributed by atoms with Crippen molar-refractivity contribution < 1.29 is 16.4 Å². The van der Waals surface area contributed by atoms with E-state index in [0.29, 0.717) is 11.5 Å². The lowest BCUT2D eigenvalue weighted by molar-refractivity contribution is 0.0368. The Labute approximate surface area is 183 Å². The van der Waals surface area contributed by atoms with Crippen LogP contribution in [0.25, 0.3) is 5.69 Å². The molecule has 2 aromatic carbocycles. The van der Waals surface area contributed by atoms with Crippen molar-refractivity contribution in [3.63, 3.8) is 0 Å². The van der Waals surface area contributed by atoms with Gasteiger partial charge in [0.25, 0.3) is 0 Å². The van der Waals surface area contributed by atoms with Gasteiger partial charge < -0.3 is 15.4 Å². The minimum Gasteiger partial charge on any atom is -0.381 e. The number of morpholine rings is 1. The summed E-state index contributed by atoms with van der Waals surface area (Å²) in [5.41, 5.74) is 3.35. The van der Waals surface area contributed by atoms with Crippen LogP contribution in [0, 0.1) is 18.6 Å². The summed E-state index contributed by atoms with van der Waals surface area (Å²) in [5.74, 6) is -0.691. The Bertz CT molecular complexity index is 1020. The molecular weight excluding hydrogens is 400 g/mol. The number of anilines is 3. The van der Waals surface area contributed by atoms with Gasteiger partial charge in [0.15, 0.2) is 5.82 Å². The van der Waals surface area contributed by atoms with Crippen LogP contribution in [0.4, 0.5) is 26.0 Å². The molecule has 4 rings (SSSR count). The zero-order valence-electron chi connectivity index (χ0n) is 17.7. The maximum Gasteiger partial charge on any atom is 0.152 e. The van der Waals surface area contributed by atoms with E-state index in [1.807, 2.05) is 19.1 Å². The average molecular weight is 432 g/mol. The second-order valence-corrected chi connectivity index (χ2v) is 7.94. The summed E-state index contributed by atoms with van der Waals surface area (Å²) in [6.45, 7) is 8.67. The van der Waals surface area contributed by atoms with E-state index in [2.05, 4.69) is 33.6 Å². The van der Waals surface area contributed by atoms with Crippen LogP contribution in [0.3, 0.4) is 0 Å². The maximum absolute atomic E-state index is 13.5. The molecule has 2 N–H and O–H groups in total. The number of hydrogen-bond donors (Lipinski definition) is 2. The summed E-state index contributed by atoms with van der Waals surface area (Å²) in [4.78, 5) is 2.40. The highest BCUT2D eigenvalue weighted by Gasteiger charge is 2.14. The van der Waals surface area contributed by atoms with E-state index in [1.54, 1.807) is 12.3 Å². The van der Waals surface area contributed by atoms with Crippen LogP contribution in [0.5, 0.6) is 0 Å². The summed E-state index contributed by atoms with van der Waals surface area (Å²) < 4.78 is 33.8. The molecule has 31 heavy (non-hydrogen) atoms. The van der Waals surface area contributed by atoms with Crippen molar-refractivity contribution in [1.29, 1.82) is 0 Å². The minimum atomic E-state index is -0.638. The molecule has 1 saturated heterocycles. The largest absolute Gasteiger partial charge is 0.381 e. The van der Waals surface area contributed by atoms with Crippen LogP contribution < -0.4 is 10.6 Å². The fraction of sp³-hybridized carbons (Fsp3) is 0.348. The van der Waals surface area contributed by atoms with E-state index < -0.39 is 11.6 Å². The third-order valence-electron chi connectivity index (χ3n) is 5.10. The Hall–Kier alpha value is -2.97. The fourth-order valence-electron chi connectivity index (χ4n) is 3.79. The Morgan fingerprint density at radius 2 is 1.77 bits per heavy atom. The van der Waals surface area contributed by atoms with Gasteiger partial charge in [-0.25, -0.2) is 13.5 Å². The van der Waals surface area contributed by atoms with E-state index in [1.165, 1.54) is 16.8 Å². The van der Waals surface area contributed by atoms with Gasteiger partial charge in [-0.05, 0) is 49.7 Å². The molecule has 0 radical (unpaired) electrons. The lowest BCUT2D eigenvalue weighted by Gasteiger charge is -2.29. The summed E-state index contributed by atoms with van der Waals surface area (Å²) in [7, 11) is 0. The standard InChI is InChI=1S/C23H27F2N5O.2H2/c1-16-9-20(26-17(2)15-29-5-7-31-8-6-29)14-21(10-16)27-23-3-4-30(28-23)22-12-18(24)11-19(25)13-22;;/h3-4,9-14,17,26H,5-8,15H2,1-2H3,(H,27,28);2*1H. The molecule has 2 heterocycles. The van der Waals surface area contributed by atoms with E-state index >= 15 is 0 Å². The lowest BCUT2D eigenvalue weighted by atomic mass is 10.1. The van der Waals surface area contributed by atoms with Crippen molar-refractivity contribution in [3.05, 3.63) is 65.9 Å². The molecule has 0 saturated carbocycles. The number of aromatic nitrogens is 2. The highest BCUT2D eigenvalue weighted by atomic mass is 19.1. The van der Waals surface area contributed by atoms with Crippen molar-refractivity contribution in [3.8, 4) is 5.69 Å². The van der Waals surface area contributed by atoms with Gasteiger partial charge in [0, 0.05) is 58.2 Å². The molecule has 1 unspecified atom stereocenters. The summed E-state index contributed by atoms with van der Waals surface area (Å²) in [5, 5.41) is 11.2. The summed E-state index contributed by atoms with van der Waals surface area (Å²) in [6, 6.07) is 11.5. The van der Waals surface area contributed by atoms with Crippen LogP contribution in [0.15, 0.2) is 48.7 Å². The van der Waals surface area contributed by atoms with Crippen molar-refractivity contribution in [2.75, 3.05) is 43.5 Å². The first-order valence-electron chi connectivity index (χ1n) is 10.4. The van der Waals surface area contributed by atoms with Crippen molar-refractivity contribution >= 4 is 17.2 Å². The van der Waals surface area contributed by atoms with Crippen LogP contribution >= 0.6 is 0 Å². The summed E-state index contributed by atoms with van der Waals surface area (Å²) in [6.07, 6.45) is 1.66. The molecule has 1 atom stereocenters. The maximum atomic E-state index is 13.5. The van der Waals surface area contributed by atoms with Crippen LogP contribution in [0.2, 0.25) is 0 Å². The van der Waals surface area contributed by atoms with Gasteiger partial charge in [-0.15, -0.1) is 0 Å². The highest BCUT2D eigenvalue weighted by Crippen LogP contribution is 2.23. The number of halogens is 2. The molecule has 1 fully saturated rings. The summed E-state index contributed by atoms with van der Waals surface area (Å²) >= 11 is 0. The first kappa shape index (κ1) is 21.3. The van der Waals surface area contributed by atoms with Gasteiger partial charge in [-0.1, -0.05) is 0 Å². The molecule has 0 aliphatic carbocycles. The van der Waals surface area contributed by atoms with Crippen molar-refractivity contribution in [2.24, 2.45) is 0 Å². The molecule has 0 bridgehead atoms.